The zero-order valence-corrected chi connectivity index (χ0v) is 29.3. The van der Waals surface area contributed by atoms with Crippen LogP contribution in [-0.2, 0) is 9.59 Å². The molecule has 15 heteroatoms. The van der Waals surface area contributed by atoms with Crippen LogP contribution in [0.2, 0.25) is 0 Å². The Morgan fingerprint density at radius 3 is 1.86 bits per heavy atom. The lowest BCUT2D eigenvalue weighted by molar-refractivity contribution is -0.120. The molecule has 2 aliphatic heterocycles. The highest BCUT2D eigenvalue weighted by Gasteiger charge is 2.38. The number of halogens is 1. The first-order valence-corrected chi connectivity index (χ1v) is 16.7. The lowest BCUT2D eigenvalue weighted by Gasteiger charge is -2.38. The van der Waals surface area contributed by atoms with Crippen molar-refractivity contribution < 1.29 is 28.9 Å². The first kappa shape index (κ1) is 38.8. The number of ketones is 1. The second-order valence-corrected chi connectivity index (χ2v) is 12.8. The van der Waals surface area contributed by atoms with Gasteiger partial charge < -0.3 is 35.1 Å². The molecule has 12 nitrogen and oxygen atoms in total. The van der Waals surface area contributed by atoms with Gasteiger partial charge in [0.1, 0.15) is 28.6 Å². The third-order valence-electron chi connectivity index (χ3n) is 9.38. The quantitative estimate of drug-likeness (QED) is 0.0885. The van der Waals surface area contributed by atoms with Crippen LogP contribution >= 0.6 is 17.0 Å². The van der Waals surface area contributed by atoms with E-state index in [0.717, 1.165) is 76.4 Å². The minimum absolute atomic E-state index is 0. The fraction of sp³-hybridized carbons (Fsp3) is 0.429. The summed E-state index contributed by atoms with van der Waals surface area (Å²) in [4.78, 5) is 39.0. The summed E-state index contributed by atoms with van der Waals surface area (Å²) >= 11 is 0. The van der Waals surface area contributed by atoms with Gasteiger partial charge in [-0.05, 0) is 92.0 Å². The number of carbonyl (C=O) groups is 1. The zero-order chi connectivity index (χ0) is 33.8. The molecule has 0 amide bonds. The van der Waals surface area contributed by atoms with Crippen LogP contribution in [0.15, 0.2) is 53.9 Å². The van der Waals surface area contributed by atoms with Gasteiger partial charge in [0, 0.05) is 59.7 Å². The fourth-order valence-corrected chi connectivity index (χ4v) is 7.08. The van der Waals surface area contributed by atoms with Gasteiger partial charge in [-0.2, -0.15) is 0 Å². The number of fused-ring (bicyclic) bond motifs is 6. The summed E-state index contributed by atoms with van der Waals surface area (Å²) in [5.41, 5.74) is 11.9. The molecule has 0 saturated heterocycles. The van der Waals surface area contributed by atoms with E-state index in [1.165, 1.54) is 6.08 Å². The van der Waals surface area contributed by atoms with Gasteiger partial charge >= 0.3 is 14.2 Å². The molecule has 0 radical (unpaired) electrons. The van der Waals surface area contributed by atoms with Crippen molar-refractivity contribution in [1.82, 2.24) is 19.9 Å². The molecule has 4 aliphatic rings. The van der Waals surface area contributed by atoms with E-state index < -0.39 is 14.2 Å². The smallest absolute Gasteiger partial charge is 0.531 e. The van der Waals surface area contributed by atoms with Crippen molar-refractivity contribution >= 4 is 76.3 Å². The summed E-state index contributed by atoms with van der Waals surface area (Å²) in [6.07, 6.45) is 14.7. The van der Waals surface area contributed by atoms with Crippen molar-refractivity contribution in [2.75, 3.05) is 6.54 Å². The van der Waals surface area contributed by atoms with E-state index in [2.05, 4.69) is 24.9 Å². The summed E-state index contributed by atoms with van der Waals surface area (Å²) in [7, 11) is -1.82. The fourth-order valence-electron chi connectivity index (χ4n) is 7.08. The second-order valence-electron chi connectivity index (χ2n) is 12.8. The predicted molar refractivity (Wildman–Crippen MR) is 203 cm³/mol. The minimum Gasteiger partial charge on any atom is -0.531 e. The molecule has 4 aromatic rings. The molecule has 2 saturated carbocycles. The number of isocyanates is 1. The van der Waals surface area contributed by atoms with E-state index in [4.69, 9.17) is 19.8 Å². The number of H-pyrrole nitrogens is 2. The molecule has 2 aliphatic carbocycles. The first-order chi connectivity index (χ1) is 23.3. The number of Topliss-reactive ketones (excluding diaryl/α,β-unsaturated/α-hetero) is 1. The lowest BCUT2D eigenvalue weighted by atomic mass is 9.64. The summed E-state index contributed by atoms with van der Waals surface area (Å²) in [5, 5.41) is 21.9. The molecule has 264 valence electrons. The van der Waals surface area contributed by atoms with E-state index in [1.807, 2.05) is 37.4 Å². The zero-order valence-electron chi connectivity index (χ0n) is 27.6. The molecule has 6 heterocycles. The monoisotopic (exact) mass is 746 g/mol. The molecule has 6 N–H and O–H groups in total. The third-order valence-corrected chi connectivity index (χ3v) is 9.38. The van der Waals surface area contributed by atoms with Gasteiger partial charge in [-0.3, -0.25) is 4.79 Å². The molecule has 4 aromatic heterocycles. The molecule has 0 bridgehead atoms. The molecule has 2 fully saturated rings. The second kappa shape index (κ2) is 17.3. The average molecular weight is 747 g/mol. The number of nitrogens with two attached hydrogens (primary N) is 1. The number of aliphatic imine (C=N–C) groups is 1. The number of carbonyl (C=O) groups excluding carboxylic acids is 2. The SMILES string of the molecule is Br.C.CCCC(=O)CC1CC(C2=CB(O)Oc3cnc4[nH]ccc4c32)C1.CCN=C=O.NC1CC(C2=CB(O)Oc3cnc4[nH]ccc4c32)C1. The van der Waals surface area contributed by atoms with Crippen LogP contribution in [0.5, 0.6) is 11.5 Å². The van der Waals surface area contributed by atoms with Crippen LogP contribution in [0.25, 0.3) is 33.2 Å². The molecule has 8 rings (SSSR count). The number of hydrogen-bond donors (Lipinski definition) is 5. The van der Waals surface area contributed by atoms with Gasteiger partial charge in [-0.15, -0.1) is 17.0 Å². The van der Waals surface area contributed by atoms with E-state index in [0.29, 0.717) is 54.4 Å². The van der Waals surface area contributed by atoms with Gasteiger partial charge in [0.15, 0.2) is 0 Å². The molecule has 0 aromatic carbocycles. The van der Waals surface area contributed by atoms with Gasteiger partial charge in [0.25, 0.3) is 0 Å². The highest BCUT2D eigenvalue weighted by molar-refractivity contribution is 8.93. The van der Waals surface area contributed by atoms with Crippen LogP contribution in [0.4, 0.5) is 0 Å². The number of allylic oxidation sites excluding steroid dienone is 2. The maximum absolute atomic E-state index is 11.8. The standard InChI is InChI=1S/C18H21BN2O3.C13H14BN3O2.C3H5NO.CH4.BrH/c1-2-3-13(22)8-11-6-12(7-11)15-9-19(23)24-16-10-21-18-14(17(15)16)4-5-20-18;15-8-3-7(4-8)10-5-14(18)19-11-6-17-13-9(12(10)11)1-2-16-13;1-2-4-3-5;;/h4-5,9-12,23H,2-3,6-8H2,1H3,(H,20,21);1-2,5-8,18H,3-4,15H2,(H,16,17);2H2,1H3;1H4;1H. The third kappa shape index (κ3) is 8.30. The number of nitrogens with one attached hydrogen (secondary N) is 2. The molecule has 0 atom stereocenters. The molecule has 0 spiro atoms. The maximum atomic E-state index is 11.8. The summed E-state index contributed by atoms with van der Waals surface area (Å²) < 4.78 is 11.0. The predicted octanol–water partition coefficient (Wildman–Crippen LogP) is 5.80. The van der Waals surface area contributed by atoms with Crippen molar-refractivity contribution in [2.24, 2.45) is 28.5 Å². The van der Waals surface area contributed by atoms with E-state index in [9.17, 15) is 14.8 Å². The maximum Gasteiger partial charge on any atom is 0.552 e. The number of aromatic amines is 2. The normalized spacial score (nSPS) is 21.1. The van der Waals surface area contributed by atoms with Gasteiger partial charge in [0.05, 0.1) is 12.4 Å². The van der Waals surface area contributed by atoms with Crippen LogP contribution in [-0.4, -0.2) is 68.7 Å². The van der Waals surface area contributed by atoms with Gasteiger partial charge in [0.2, 0.25) is 6.08 Å². The van der Waals surface area contributed by atoms with Crippen LogP contribution < -0.4 is 15.0 Å². The Balaban J connectivity index is 0.000000195. The van der Waals surface area contributed by atoms with Crippen LogP contribution in [0.1, 0.15) is 77.3 Å². The number of hydrogen-bond acceptors (Lipinski definition) is 10. The lowest BCUT2D eigenvalue weighted by Crippen LogP contribution is -2.38. The minimum atomic E-state index is -0.925. The summed E-state index contributed by atoms with van der Waals surface area (Å²) in [5.74, 6) is 6.53. The van der Waals surface area contributed by atoms with Gasteiger partial charge in [-0.1, -0.05) is 14.4 Å². The van der Waals surface area contributed by atoms with Crippen molar-refractivity contribution in [3.8, 4) is 11.5 Å². The van der Waals surface area contributed by atoms with Gasteiger partial charge in [-0.25, -0.2) is 19.8 Å². The van der Waals surface area contributed by atoms with Crippen LogP contribution in [0.3, 0.4) is 0 Å². The Bertz CT molecular complexity index is 1890. The average Bonchev–Trinajstić information content (AvgIpc) is 3.71. The largest absolute Gasteiger partial charge is 0.552 e. The number of rotatable bonds is 7. The van der Waals surface area contributed by atoms with Crippen LogP contribution in [0, 0.1) is 17.8 Å². The van der Waals surface area contributed by atoms with E-state index >= 15 is 0 Å². The van der Waals surface area contributed by atoms with E-state index in [1.54, 1.807) is 25.3 Å². The molecule has 0 unspecified atom stereocenters. The Hall–Kier alpha value is -4.00. The Morgan fingerprint density at radius 1 is 0.940 bits per heavy atom. The Kier molecular flexibility index (Phi) is 13.4. The first-order valence-electron chi connectivity index (χ1n) is 16.7. The number of nitrogens with zero attached hydrogens (tertiary/aromatic N) is 3. The Labute approximate surface area is 303 Å². The highest BCUT2D eigenvalue weighted by Crippen LogP contribution is 2.49. The van der Waals surface area contributed by atoms with Crippen molar-refractivity contribution in [2.45, 2.75) is 72.3 Å². The summed E-state index contributed by atoms with van der Waals surface area (Å²) in [6, 6.07) is 4.27. The topological polar surface area (TPSA) is 189 Å². The van der Waals surface area contributed by atoms with Crippen molar-refractivity contribution in [1.29, 1.82) is 0 Å². The highest BCUT2D eigenvalue weighted by atomic mass is 79.9. The number of pyridine rings is 2. The number of aromatic nitrogens is 4. The van der Waals surface area contributed by atoms with Crippen molar-refractivity contribution in [3.05, 3.63) is 60.0 Å². The van der Waals surface area contributed by atoms with Crippen molar-refractivity contribution in [3.63, 3.8) is 0 Å². The van der Waals surface area contributed by atoms with E-state index in [-0.39, 0.29) is 30.4 Å². The summed E-state index contributed by atoms with van der Waals surface area (Å²) in [6.45, 7) is 4.37. The molecular formula is C35H45B2BrN6O6. The molecule has 50 heavy (non-hydrogen) atoms. The Morgan fingerprint density at radius 2 is 1.44 bits per heavy atom. The molecular weight excluding hydrogens is 702 g/mol.